The third kappa shape index (κ3) is 4.56. The van der Waals surface area contributed by atoms with Gasteiger partial charge in [0.1, 0.15) is 0 Å². The van der Waals surface area contributed by atoms with Crippen molar-refractivity contribution in [2.24, 2.45) is 0 Å². The Morgan fingerprint density at radius 3 is 2.10 bits per heavy atom. The first-order chi connectivity index (χ1) is 10.2. The summed E-state index contributed by atoms with van der Waals surface area (Å²) < 4.78 is 0. The summed E-state index contributed by atoms with van der Waals surface area (Å²) in [6, 6.07) is 18.9. The van der Waals surface area contributed by atoms with Gasteiger partial charge in [0, 0.05) is 19.0 Å². The fourth-order valence-electron chi connectivity index (χ4n) is 2.11. The van der Waals surface area contributed by atoms with Gasteiger partial charge in [-0.2, -0.15) is 0 Å². The van der Waals surface area contributed by atoms with E-state index in [9.17, 15) is 9.59 Å². The largest absolute Gasteiger partial charge is 0.338 e. The number of hydrogen-bond donors (Lipinski definition) is 0. The van der Waals surface area contributed by atoms with Gasteiger partial charge < -0.3 is 4.90 Å². The van der Waals surface area contributed by atoms with Gasteiger partial charge in [-0.15, -0.1) is 0 Å². The summed E-state index contributed by atoms with van der Waals surface area (Å²) in [5, 5.41) is 0. The van der Waals surface area contributed by atoms with Crippen LogP contribution < -0.4 is 0 Å². The van der Waals surface area contributed by atoms with Crippen LogP contribution in [-0.2, 0) is 11.2 Å². The lowest BCUT2D eigenvalue weighted by Gasteiger charge is -2.16. The van der Waals surface area contributed by atoms with Crippen LogP contribution in [0.2, 0.25) is 0 Å². The molecule has 0 N–H and O–H groups in total. The van der Waals surface area contributed by atoms with E-state index in [0.717, 1.165) is 5.56 Å². The highest BCUT2D eigenvalue weighted by Crippen LogP contribution is 2.06. The second-order valence-electron chi connectivity index (χ2n) is 5.02. The van der Waals surface area contributed by atoms with Gasteiger partial charge in [0.05, 0.1) is 6.54 Å². The standard InChI is InChI=1S/C18H19NO2/c1-19(14-17(20)16-10-6-3-7-11-16)18(21)13-12-15-8-4-2-5-9-15/h2-11H,12-14H2,1H3. The fraction of sp³-hybridized carbons (Fsp3) is 0.222. The summed E-state index contributed by atoms with van der Waals surface area (Å²) >= 11 is 0. The molecule has 0 atom stereocenters. The van der Waals surface area contributed by atoms with Gasteiger partial charge in [0.2, 0.25) is 5.91 Å². The number of nitrogens with zero attached hydrogens (tertiary/aromatic N) is 1. The molecular weight excluding hydrogens is 262 g/mol. The molecule has 0 aliphatic heterocycles. The number of amides is 1. The Balaban J connectivity index is 1.84. The predicted molar refractivity (Wildman–Crippen MR) is 83.2 cm³/mol. The number of benzene rings is 2. The van der Waals surface area contributed by atoms with Crippen molar-refractivity contribution in [3.63, 3.8) is 0 Å². The van der Waals surface area contributed by atoms with Crippen molar-refractivity contribution in [3.8, 4) is 0 Å². The summed E-state index contributed by atoms with van der Waals surface area (Å²) in [4.78, 5) is 25.6. The summed E-state index contributed by atoms with van der Waals surface area (Å²) in [7, 11) is 1.67. The number of rotatable bonds is 6. The van der Waals surface area contributed by atoms with Crippen LogP contribution in [0.15, 0.2) is 60.7 Å². The second kappa shape index (κ2) is 7.39. The van der Waals surface area contributed by atoms with Gasteiger partial charge >= 0.3 is 0 Å². The molecule has 0 spiro atoms. The van der Waals surface area contributed by atoms with E-state index in [1.165, 1.54) is 4.90 Å². The van der Waals surface area contributed by atoms with E-state index in [1.54, 1.807) is 19.2 Å². The molecule has 108 valence electrons. The molecule has 0 bridgehead atoms. The number of ketones is 1. The number of carbonyl (C=O) groups excluding carboxylic acids is 2. The molecule has 0 saturated carbocycles. The van der Waals surface area contributed by atoms with Crippen LogP contribution in [0.3, 0.4) is 0 Å². The monoisotopic (exact) mass is 281 g/mol. The van der Waals surface area contributed by atoms with Crippen LogP contribution in [-0.4, -0.2) is 30.2 Å². The van der Waals surface area contributed by atoms with Crippen molar-refractivity contribution in [1.82, 2.24) is 4.90 Å². The maximum Gasteiger partial charge on any atom is 0.223 e. The average Bonchev–Trinajstić information content (AvgIpc) is 2.54. The fourth-order valence-corrected chi connectivity index (χ4v) is 2.11. The molecular formula is C18H19NO2. The van der Waals surface area contributed by atoms with Crippen LogP contribution in [0.1, 0.15) is 22.3 Å². The number of likely N-dealkylation sites (N-methyl/N-ethyl adjacent to an activating group) is 1. The third-order valence-electron chi connectivity index (χ3n) is 3.37. The first-order valence-corrected chi connectivity index (χ1v) is 7.03. The van der Waals surface area contributed by atoms with Crippen LogP contribution in [0.4, 0.5) is 0 Å². The van der Waals surface area contributed by atoms with Gasteiger partial charge in [-0.1, -0.05) is 60.7 Å². The van der Waals surface area contributed by atoms with Crippen LogP contribution in [0.5, 0.6) is 0 Å². The van der Waals surface area contributed by atoms with Gasteiger partial charge in [0.25, 0.3) is 0 Å². The first kappa shape index (κ1) is 15.0. The maximum atomic E-state index is 12.1. The molecule has 0 aromatic heterocycles. The van der Waals surface area contributed by atoms with Gasteiger partial charge in [-0.3, -0.25) is 9.59 Å². The molecule has 3 heteroatoms. The Labute approximate surface area is 125 Å². The third-order valence-corrected chi connectivity index (χ3v) is 3.37. The molecule has 0 radical (unpaired) electrons. The van der Waals surface area contributed by atoms with E-state index < -0.39 is 0 Å². The van der Waals surface area contributed by atoms with Crippen molar-refractivity contribution in [1.29, 1.82) is 0 Å². The lowest BCUT2D eigenvalue weighted by atomic mass is 10.1. The Hall–Kier alpha value is -2.42. The molecule has 1 amide bonds. The maximum absolute atomic E-state index is 12.1. The Morgan fingerprint density at radius 2 is 1.48 bits per heavy atom. The molecule has 0 aliphatic rings. The molecule has 2 aromatic rings. The highest BCUT2D eigenvalue weighted by Gasteiger charge is 2.13. The molecule has 2 aromatic carbocycles. The first-order valence-electron chi connectivity index (χ1n) is 7.03. The van der Waals surface area contributed by atoms with E-state index >= 15 is 0 Å². The topological polar surface area (TPSA) is 37.4 Å². The molecule has 0 saturated heterocycles. The number of hydrogen-bond acceptors (Lipinski definition) is 2. The van der Waals surface area contributed by atoms with Crippen LogP contribution in [0, 0.1) is 0 Å². The van der Waals surface area contributed by atoms with Crippen molar-refractivity contribution < 1.29 is 9.59 Å². The Kier molecular flexibility index (Phi) is 5.27. The molecule has 3 nitrogen and oxygen atoms in total. The SMILES string of the molecule is CN(CC(=O)c1ccccc1)C(=O)CCc1ccccc1. The lowest BCUT2D eigenvalue weighted by Crippen LogP contribution is -2.32. The zero-order chi connectivity index (χ0) is 15.1. The van der Waals surface area contributed by atoms with Gasteiger partial charge in [0.15, 0.2) is 5.78 Å². The molecule has 0 unspecified atom stereocenters. The average molecular weight is 281 g/mol. The molecule has 0 aliphatic carbocycles. The minimum Gasteiger partial charge on any atom is -0.338 e. The highest BCUT2D eigenvalue weighted by atomic mass is 16.2. The van der Waals surface area contributed by atoms with Crippen molar-refractivity contribution >= 4 is 11.7 Å². The smallest absolute Gasteiger partial charge is 0.223 e. The molecule has 0 heterocycles. The van der Waals surface area contributed by atoms with E-state index in [-0.39, 0.29) is 18.2 Å². The quantitative estimate of drug-likeness (QED) is 0.763. The normalized spacial score (nSPS) is 10.1. The number of aryl methyl sites for hydroxylation is 1. The Morgan fingerprint density at radius 1 is 0.905 bits per heavy atom. The van der Waals surface area contributed by atoms with E-state index in [0.29, 0.717) is 18.4 Å². The van der Waals surface area contributed by atoms with Crippen LogP contribution in [0.25, 0.3) is 0 Å². The van der Waals surface area contributed by atoms with Crippen molar-refractivity contribution in [2.45, 2.75) is 12.8 Å². The minimum absolute atomic E-state index is 0.0110. The molecule has 2 rings (SSSR count). The highest BCUT2D eigenvalue weighted by molar-refractivity contribution is 5.99. The summed E-state index contributed by atoms with van der Waals surface area (Å²) in [5.74, 6) is -0.0469. The predicted octanol–water partition coefficient (Wildman–Crippen LogP) is 2.96. The van der Waals surface area contributed by atoms with E-state index in [4.69, 9.17) is 0 Å². The Bertz CT molecular complexity index is 593. The number of carbonyl (C=O) groups is 2. The van der Waals surface area contributed by atoms with Gasteiger partial charge in [-0.25, -0.2) is 0 Å². The molecule has 0 fully saturated rings. The summed E-state index contributed by atoms with van der Waals surface area (Å²) in [6.07, 6.45) is 1.12. The lowest BCUT2D eigenvalue weighted by molar-refractivity contribution is -0.129. The second-order valence-corrected chi connectivity index (χ2v) is 5.02. The molecule has 21 heavy (non-hydrogen) atoms. The minimum atomic E-state index is -0.0360. The van der Waals surface area contributed by atoms with Crippen molar-refractivity contribution in [2.75, 3.05) is 13.6 Å². The van der Waals surface area contributed by atoms with E-state index in [1.807, 2.05) is 48.5 Å². The summed E-state index contributed by atoms with van der Waals surface area (Å²) in [5.41, 5.74) is 1.77. The van der Waals surface area contributed by atoms with Crippen molar-refractivity contribution in [3.05, 3.63) is 71.8 Å². The van der Waals surface area contributed by atoms with Crippen LogP contribution >= 0.6 is 0 Å². The zero-order valence-corrected chi connectivity index (χ0v) is 12.2. The summed E-state index contributed by atoms with van der Waals surface area (Å²) in [6.45, 7) is 0.123. The zero-order valence-electron chi connectivity index (χ0n) is 12.2. The number of Topliss-reactive ketones (excluding diaryl/α,β-unsaturated/α-hetero) is 1. The van der Waals surface area contributed by atoms with Gasteiger partial charge in [-0.05, 0) is 12.0 Å². The van der Waals surface area contributed by atoms with E-state index in [2.05, 4.69) is 0 Å².